The van der Waals surface area contributed by atoms with Crippen molar-refractivity contribution in [3.05, 3.63) is 95.1 Å². The van der Waals surface area contributed by atoms with Crippen molar-refractivity contribution in [3.63, 3.8) is 0 Å². The Morgan fingerprint density at radius 3 is 2.42 bits per heavy atom. The van der Waals surface area contributed by atoms with E-state index < -0.39 is 6.10 Å². The molecule has 0 aliphatic heterocycles. The van der Waals surface area contributed by atoms with Gasteiger partial charge in [-0.25, -0.2) is 0 Å². The summed E-state index contributed by atoms with van der Waals surface area (Å²) in [6.45, 7) is 0. The van der Waals surface area contributed by atoms with E-state index in [1.54, 1.807) is 0 Å². The van der Waals surface area contributed by atoms with E-state index >= 15 is 0 Å². The zero-order chi connectivity index (χ0) is 20.2. The van der Waals surface area contributed by atoms with E-state index in [0.29, 0.717) is 0 Å². The molecule has 0 saturated heterocycles. The molecule has 0 spiro atoms. The van der Waals surface area contributed by atoms with Crippen LogP contribution < -0.4 is 10.6 Å². The van der Waals surface area contributed by atoms with Gasteiger partial charge < -0.3 is 15.7 Å². The molecule has 152 valence electrons. The van der Waals surface area contributed by atoms with Crippen molar-refractivity contribution in [2.24, 2.45) is 0 Å². The second-order valence-corrected chi connectivity index (χ2v) is 7.72. The standard InChI is InChI=1S/C26H19N3O.ClH/c27-26(29-23-13-10-16-9-8-15-4-3-7-21(23)24(15)16)28-17-11-12-19-18-5-1-2-6-20(18)25(30)22(19)14-17;/h1-14,25,30H,(H3,27,28,29);1H. The summed E-state index contributed by atoms with van der Waals surface area (Å²) < 4.78 is 0. The number of hydrogen-bond acceptors (Lipinski definition) is 2. The monoisotopic (exact) mass is 425 g/mol. The molecule has 4 N–H and O–H groups in total. The van der Waals surface area contributed by atoms with E-state index in [1.807, 2.05) is 54.6 Å². The zero-order valence-corrected chi connectivity index (χ0v) is 17.3. The van der Waals surface area contributed by atoms with Crippen molar-refractivity contribution in [2.45, 2.75) is 6.10 Å². The van der Waals surface area contributed by atoms with Gasteiger partial charge in [-0.2, -0.15) is 0 Å². The number of fused-ring (bicyclic) bond motifs is 3. The first-order valence-corrected chi connectivity index (χ1v) is 9.97. The van der Waals surface area contributed by atoms with Gasteiger partial charge in [0, 0.05) is 16.8 Å². The van der Waals surface area contributed by atoms with Crippen molar-refractivity contribution >= 4 is 52.7 Å². The van der Waals surface area contributed by atoms with Gasteiger partial charge in [-0.15, -0.1) is 12.4 Å². The quantitative estimate of drug-likeness (QED) is 0.199. The molecule has 0 radical (unpaired) electrons. The van der Waals surface area contributed by atoms with Crippen molar-refractivity contribution in [3.8, 4) is 11.1 Å². The van der Waals surface area contributed by atoms with Gasteiger partial charge in [-0.3, -0.25) is 5.41 Å². The predicted octanol–water partition coefficient (Wildman–Crippen LogP) is 6.27. The van der Waals surface area contributed by atoms with Crippen LogP contribution >= 0.6 is 12.4 Å². The molecule has 0 aromatic heterocycles. The van der Waals surface area contributed by atoms with Crippen LogP contribution in [-0.2, 0) is 0 Å². The lowest BCUT2D eigenvalue weighted by Gasteiger charge is -2.15. The van der Waals surface area contributed by atoms with Crippen molar-refractivity contribution < 1.29 is 5.11 Å². The molecule has 6 rings (SSSR count). The van der Waals surface area contributed by atoms with Gasteiger partial charge in [0.1, 0.15) is 6.10 Å². The summed E-state index contributed by atoms with van der Waals surface area (Å²) in [6, 6.07) is 24.1. The van der Waals surface area contributed by atoms with E-state index in [4.69, 9.17) is 5.41 Å². The minimum Gasteiger partial charge on any atom is -0.384 e. The molecular weight excluding hydrogens is 406 g/mol. The molecule has 4 nitrogen and oxygen atoms in total. The number of benzene rings is 4. The zero-order valence-electron chi connectivity index (χ0n) is 16.5. The van der Waals surface area contributed by atoms with Gasteiger partial charge >= 0.3 is 0 Å². The summed E-state index contributed by atoms with van der Waals surface area (Å²) in [5.41, 5.74) is 7.99. The topological polar surface area (TPSA) is 68.1 Å². The van der Waals surface area contributed by atoms with Crippen LogP contribution in [0.15, 0.2) is 72.8 Å². The van der Waals surface area contributed by atoms with Crippen LogP contribution in [-0.4, -0.2) is 11.1 Å². The average Bonchev–Trinajstić information content (AvgIpc) is 3.31. The lowest BCUT2D eigenvalue weighted by molar-refractivity contribution is 0.225. The lowest BCUT2D eigenvalue weighted by Crippen LogP contribution is -2.20. The first-order valence-electron chi connectivity index (χ1n) is 9.97. The minimum atomic E-state index is -0.635. The molecule has 31 heavy (non-hydrogen) atoms. The minimum absolute atomic E-state index is 0. The smallest absolute Gasteiger partial charge is 0.197 e. The number of anilines is 2. The summed E-state index contributed by atoms with van der Waals surface area (Å²) in [5, 5.41) is 27.8. The van der Waals surface area contributed by atoms with Crippen molar-refractivity contribution in [1.29, 1.82) is 5.41 Å². The molecule has 1 atom stereocenters. The fourth-order valence-electron chi connectivity index (χ4n) is 4.60. The van der Waals surface area contributed by atoms with Gasteiger partial charge in [-0.05, 0) is 57.0 Å². The van der Waals surface area contributed by atoms with Gasteiger partial charge in [0.05, 0.1) is 0 Å². The average molecular weight is 426 g/mol. The Morgan fingerprint density at radius 1 is 0.774 bits per heavy atom. The number of halogens is 1. The number of hydrogen-bond donors (Lipinski definition) is 4. The largest absolute Gasteiger partial charge is 0.384 e. The Kier molecular flexibility index (Phi) is 4.54. The molecule has 0 fully saturated rings. The number of nitrogens with one attached hydrogen (secondary N) is 3. The predicted molar refractivity (Wildman–Crippen MR) is 131 cm³/mol. The maximum Gasteiger partial charge on any atom is 0.197 e. The third-order valence-electron chi connectivity index (χ3n) is 5.97. The van der Waals surface area contributed by atoms with E-state index in [9.17, 15) is 5.11 Å². The van der Waals surface area contributed by atoms with E-state index in [1.165, 1.54) is 16.5 Å². The van der Waals surface area contributed by atoms with E-state index in [-0.39, 0.29) is 18.4 Å². The first kappa shape index (κ1) is 19.4. The molecule has 1 unspecified atom stereocenters. The first-order chi connectivity index (χ1) is 14.7. The molecular formula is C26H20ClN3O. The van der Waals surface area contributed by atoms with Gasteiger partial charge in [0.25, 0.3) is 0 Å². The highest BCUT2D eigenvalue weighted by Crippen LogP contribution is 2.44. The van der Waals surface area contributed by atoms with Gasteiger partial charge in [0.15, 0.2) is 5.96 Å². The van der Waals surface area contributed by atoms with Crippen LogP contribution in [0.2, 0.25) is 0 Å². The maximum absolute atomic E-state index is 10.7. The molecule has 4 aromatic rings. The van der Waals surface area contributed by atoms with E-state index in [2.05, 4.69) is 41.0 Å². The fraction of sp³-hybridized carbons (Fsp3) is 0.0385. The molecule has 2 aliphatic rings. The SMILES string of the molecule is Cl.N=C(Nc1ccc2c(c1)C(O)c1ccccc1-2)Nc1ccc2c3c(cccc13)C=C2. The number of aliphatic hydroxyl groups excluding tert-OH is 1. The Morgan fingerprint density at radius 2 is 1.55 bits per heavy atom. The number of rotatable bonds is 2. The maximum atomic E-state index is 10.7. The van der Waals surface area contributed by atoms with Gasteiger partial charge in [-0.1, -0.05) is 66.7 Å². The second kappa shape index (κ2) is 7.27. The third kappa shape index (κ3) is 3.00. The lowest BCUT2D eigenvalue weighted by atomic mass is 10.0. The van der Waals surface area contributed by atoms with Crippen LogP contribution in [0.1, 0.15) is 28.4 Å². The fourth-order valence-corrected chi connectivity index (χ4v) is 4.60. The normalized spacial score (nSPS) is 14.7. The highest BCUT2D eigenvalue weighted by atomic mass is 35.5. The Bertz CT molecular complexity index is 1380. The molecule has 0 bridgehead atoms. The number of aliphatic hydroxyl groups is 1. The Labute approximate surface area is 186 Å². The van der Waals surface area contributed by atoms with Crippen molar-refractivity contribution in [2.75, 3.05) is 10.6 Å². The molecule has 2 aliphatic carbocycles. The van der Waals surface area contributed by atoms with Crippen molar-refractivity contribution in [1.82, 2.24) is 0 Å². The summed E-state index contributed by atoms with van der Waals surface area (Å²) in [4.78, 5) is 0. The van der Waals surface area contributed by atoms with Gasteiger partial charge in [0.2, 0.25) is 0 Å². The van der Waals surface area contributed by atoms with Crippen LogP contribution in [0.5, 0.6) is 0 Å². The van der Waals surface area contributed by atoms with Crippen LogP contribution in [0, 0.1) is 5.41 Å². The summed E-state index contributed by atoms with van der Waals surface area (Å²) in [6.07, 6.45) is 3.61. The Balaban J connectivity index is 0.00000204. The molecule has 5 heteroatoms. The van der Waals surface area contributed by atoms with Crippen LogP contribution in [0.25, 0.3) is 34.1 Å². The van der Waals surface area contributed by atoms with Crippen LogP contribution in [0.4, 0.5) is 11.4 Å². The Hall–Kier alpha value is -3.60. The molecule has 0 saturated carbocycles. The second-order valence-electron chi connectivity index (χ2n) is 7.72. The van der Waals surface area contributed by atoms with E-state index in [0.717, 1.165) is 39.0 Å². The summed E-state index contributed by atoms with van der Waals surface area (Å²) in [5.74, 6) is 0.187. The molecule has 4 aromatic carbocycles. The molecule has 0 heterocycles. The molecule has 0 amide bonds. The van der Waals surface area contributed by atoms with Crippen LogP contribution in [0.3, 0.4) is 0 Å². The summed E-state index contributed by atoms with van der Waals surface area (Å²) in [7, 11) is 0. The summed E-state index contributed by atoms with van der Waals surface area (Å²) >= 11 is 0. The highest BCUT2D eigenvalue weighted by molar-refractivity contribution is 6.13. The number of guanidine groups is 1. The third-order valence-corrected chi connectivity index (χ3v) is 5.97. The highest BCUT2D eigenvalue weighted by Gasteiger charge is 2.26.